The molecule has 0 aromatic heterocycles. The fraction of sp³-hybridized carbons (Fsp3) is 0.625. The Morgan fingerprint density at radius 3 is 2.37 bits per heavy atom. The maximum Gasteiger partial charge on any atom is 0.119 e. The Hall–Kier alpha value is -1.06. The smallest absolute Gasteiger partial charge is 0.119 e. The SMILES string of the molecule is CCC(C)(OC)C(NC)c1ccc(OC2CC2)cc1. The maximum atomic E-state index is 5.78. The molecular weight excluding hydrogens is 238 g/mol. The lowest BCUT2D eigenvalue weighted by Gasteiger charge is -2.36. The lowest BCUT2D eigenvalue weighted by Crippen LogP contribution is -2.41. The zero-order chi connectivity index (χ0) is 13.9. The van der Waals surface area contributed by atoms with Crippen LogP contribution in [0.2, 0.25) is 0 Å². The number of hydrogen-bond donors (Lipinski definition) is 1. The number of hydrogen-bond acceptors (Lipinski definition) is 3. The summed E-state index contributed by atoms with van der Waals surface area (Å²) in [5.41, 5.74) is 1.03. The van der Waals surface area contributed by atoms with Gasteiger partial charge in [0.15, 0.2) is 0 Å². The predicted octanol–water partition coefficient (Wildman–Crippen LogP) is 3.30. The number of nitrogens with one attached hydrogen (secondary N) is 1. The van der Waals surface area contributed by atoms with Gasteiger partial charge in [0.2, 0.25) is 0 Å². The van der Waals surface area contributed by atoms with Gasteiger partial charge in [-0.2, -0.15) is 0 Å². The highest BCUT2D eigenvalue weighted by Crippen LogP contribution is 2.33. The van der Waals surface area contributed by atoms with E-state index in [4.69, 9.17) is 9.47 Å². The van der Waals surface area contributed by atoms with Crippen LogP contribution < -0.4 is 10.1 Å². The minimum atomic E-state index is -0.201. The molecule has 0 radical (unpaired) electrons. The van der Waals surface area contributed by atoms with Gasteiger partial charge in [0, 0.05) is 7.11 Å². The van der Waals surface area contributed by atoms with Crippen LogP contribution in [0.15, 0.2) is 24.3 Å². The molecule has 1 N–H and O–H groups in total. The van der Waals surface area contributed by atoms with Crippen molar-refractivity contribution in [2.24, 2.45) is 0 Å². The van der Waals surface area contributed by atoms with Crippen molar-refractivity contribution in [3.8, 4) is 5.75 Å². The Morgan fingerprint density at radius 2 is 1.95 bits per heavy atom. The molecule has 2 atom stereocenters. The second-order valence-corrected chi connectivity index (χ2v) is 5.48. The van der Waals surface area contributed by atoms with Gasteiger partial charge >= 0.3 is 0 Å². The van der Waals surface area contributed by atoms with Gasteiger partial charge in [-0.25, -0.2) is 0 Å². The molecular formula is C16H25NO2. The normalized spacial score (nSPS) is 19.8. The summed E-state index contributed by atoms with van der Waals surface area (Å²) in [6.07, 6.45) is 3.79. The Morgan fingerprint density at radius 1 is 1.32 bits per heavy atom. The first-order valence-corrected chi connectivity index (χ1v) is 7.12. The molecule has 1 aromatic rings. The van der Waals surface area contributed by atoms with E-state index in [2.05, 4.69) is 43.4 Å². The molecule has 3 nitrogen and oxygen atoms in total. The minimum absolute atomic E-state index is 0.178. The van der Waals surface area contributed by atoms with E-state index in [-0.39, 0.29) is 11.6 Å². The average molecular weight is 263 g/mol. The molecule has 0 amide bonds. The van der Waals surface area contributed by atoms with Gasteiger partial charge in [-0.3, -0.25) is 0 Å². The molecule has 1 saturated carbocycles. The van der Waals surface area contributed by atoms with Crippen LogP contribution in [-0.2, 0) is 4.74 Å². The van der Waals surface area contributed by atoms with Crippen LogP contribution in [0.3, 0.4) is 0 Å². The third-order valence-corrected chi connectivity index (χ3v) is 4.11. The van der Waals surface area contributed by atoms with Gasteiger partial charge in [0.25, 0.3) is 0 Å². The summed E-state index contributed by atoms with van der Waals surface area (Å²) >= 11 is 0. The van der Waals surface area contributed by atoms with Crippen LogP contribution in [0.25, 0.3) is 0 Å². The van der Waals surface area contributed by atoms with Gasteiger partial charge in [0.05, 0.1) is 17.7 Å². The fourth-order valence-electron chi connectivity index (χ4n) is 2.41. The van der Waals surface area contributed by atoms with Gasteiger partial charge < -0.3 is 14.8 Å². The molecule has 2 unspecified atom stereocenters. The third-order valence-electron chi connectivity index (χ3n) is 4.11. The lowest BCUT2D eigenvalue weighted by atomic mass is 9.88. The molecule has 106 valence electrons. The predicted molar refractivity (Wildman–Crippen MR) is 77.6 cm³/mol. The van der Waals surface area contributed by atoms with E-state index in [1.807, 2.05) is 7.05 Å². The van der Waals surface area contributed by atoms with Crippen molar-refractivity contribution in [3.63, 3.8) is 0 Å². The zero-order valence-corrected chi connectivity index (χ0v) is 12.4. The molecule has 1 aliphatic carbocycles. The van der Waals surface area contributed by atoms with Crippen LogP contribution in [0.1, 0.15) is 44.7 Å². The summed E-state index contributed by atoms with van der Waals surface area (Å²) < 4.78 is 11.5. The lowest BCUT2D eigenvalue weighted by molar-refractivity contribution is -0.0280. The summed E-state index contributed by atoms with van der Waals surface area (Å²) in [4.78, 5) is 0. The van der Waals surface area contributed by atoms with Crippen LogP contribution in [0, 0.1) is 0 Å². The molecule has 2 rings (SSSR count). The summed E-state index contributed by atoms with van der Waals surface area (Å²) in [7, 11) is 3.75. The van der Waals surface area contributed by atoms with Crippen molar-refractivity contribution in [2.45, 2.75) is 50.9 Å². The van der Waals surface area contributed by atoms with Crippen molar-refractivity contribution < 1.29 is 9.47 Å². The molecule has 19 heavy (non-hydrogen) atoms. The Kier molecular flexibility index (Phi) is 4.48. The van der Waals surface area contributed by atoms with E-state index in [9.17, 15) is 0 Å². The highest BCUT2D eigenvalue weighted by Gasteiger charge is 2.32. The van der Waals surface area contributed by atoms with E-state index in [0.717, 1.165) is 12.2 Å². The Balaban J connectivity index is 2.13. The number of benzene rings is 1. The van der Waals surface area contributed by atoms with Crippen molar-refractivity contribution in [3.05, 3.63) is 29.8 Å². The van der Waals surface area contributed by atoms with Gasteiger partial charge in [-0.1, -0.05) is 19.1 Å². The average Bonchev–Trinajstić information content (AvgIpc) is 3.25. The second kappa shape index (κ2) is 5.93. The highest BCUT2D eigenvalue weighted by molar-refractivity contribution is 5.31. The molecule has 0 spiro atoms. The molecule has 0 bridgehead atoms. The Labute approximate surface area is 116 Å². The molecule has 1 fully saturated rings. The number of ether oxygens (including phenoxy) is 2. The molecule has 0 aliphatic heterocycles. The zero-order valence-electron chi connectivity index (χ0n) is 12.4. The number of methoxy groups -OCH3 is 1. The van der Waals surface area contributed by atoms with Crippen LogP contribution in [0.5, 0.6) is 5.75 Å². The molecule has 1 aliphatic rings. The summed E-state index contributed by atoms with van der Waals surface area (Å²) in [6.45, 7) is 4.29. The fourth-order valence-corrected chi connectivity index (χ4v) is 2.41. The van der Waals surface area contributed by atoms with Crippen LogP contribution in [-0.4, -0.2) is 25.9 Å². The summed E-state index contributed by atoms with van der Waals surface area (Å²) in [5.74, 6) is 0.969. The number of rotatable bonds is 7. The monoisotopic (exact) mass is 263 g/mol. The van der Waals surface area contributed by atoms with Crippen molar-refractivity contribution in [1.29, 1.82) is 0 Å². The van der Waals surface area contributed by atoms with Crippen molar-refractivity contribution >= 4 is 0 Å². The molecule has 0 heterocycles. The van der Waals surface area contributed by atoms with Gasteiger partial charge in [-0.05, 0) is 50.9 Å². The quantitative estimate of drug-likeness (QED) is 0.818. The maximum absolute atomic E-state index is 5.78. The first-order chi connectivity index (χ1) is 9.12. The van der Waals surface area contributed by atoms with Crippen molar-refractivity contribution in [1.82, 2.24) is 5.32 Å². The topological polar surface area (TPSA) is 30.5 Å². The van der Waals surface area contributed by atoms with Gasteiger partial charge in [-0.15, -0.1) is 0 Å². The largest absolute Gasteiger partial charge is 0.490 e. The van der Waals surface area contributed by atoms with E-state index >= 15 is 0 Å². The first kappa shape index (κ1) is 14.4. The van der Waals surface area contributed by atoms with E-state index in [1.165, 1.54) is 18.4 Å². The van der Waals surface area contributed by atoms with Crippen molar-refractivity contribution in [2.75, 3.05) is 14.2 Å². The molecule has 1 aromatic carbocycles. The first-order valence-electron chi connectivity index (χ1n) is 7.12. The minimum Gasteiger partial charge on any atom is -0.490 e. The number of likely N-dealkylation sites (N-methyl/N-ethyl adjacent to an activating group) is 1. The second-order valence-electron chi connectivity index (χ2n) is 5.48. The van der Waals surface area contributed by atoms with E-state index in [1.54, 1.807) is 7.11 Å². The molecule has 3 heteroatoms. The van der Waals surface area contributed by atoms with Gasteiger partial charge in [0.1, 0.15) is 5.75 Å². The Bertz CT molecular complexity index is 394. The summed E-state index contributed by atoms with van der Waals surface area (Å²) in [6, 6.07) is 8.56. The third kappa shape index (κ3) is 3.28. The van der Waals surface area contributed by atoms with Crippen LogP contribution in [0.4, 0.5) is 0 Å². The van der Waals surface area contributed by atoms with E-state index in [0.29, 0.717) is 6.10 Å². The standard InChI is InChI=1S/C16H25NO2/c1-5-16(2,18-4)15(17-3)12-6-8-13(9-7-12)19-14-10-11-14/h6-9,14-15,17H,5,10-11H2,1-4H3. The molecule has 0 saturated heterocycles. The highest BCUT2D eigenvalue weighted by atomic mass is 16.5. The van der Waals surface area contributed by atoms with Crippen LogP contribution >= 0.6 is 0 Å². The summed E-state index contributed by atoms with van der Waals surface area (Å²) in [5, 5.41) is 3.37. The van der Waals surface area contributed by atoms with E-state index < -0.39 is 0 Å².